The van der Waals surface area contributed by atoms with Crippen LogP contribution in [0.3, 0.4) is 0 Å². The standard InChI is InChI=1S/C7H13NO2.C3H8O4S/c1-5-7(9)10-6(2)8(3)4;1-2-3-7-8(4,5)6/h5-6H,1H2,2-4H3;2-3H2,1H3,(H,4,5,6). The molecular formula is C10H21NO6S. The Bertz CT molecular complexity index is 338. The highest BCUT2D eigenvalue weighted by Gasteiger charge is 2.10. The Morgan fingerprint density at radius 3 is 2.22 bits per heavy atom. The molecule has 0 heterocycles. The number of nitrogens with one attached hydrogen (secondary N) is 1. The number of carbonyl (C=O) groups excluding carboxylic acids is 1. The van der Waals surface area contributed by atoms with Crippen LogP contribution in [0.4, 0.5) is 0 Å². The first-order chi connectivity index (χ1) is 8.14. The van der Waals surface area contributed by atoms with E-state index >= 15 is 0 Å². The number of hydrogen-bond donors (Lipinski definition) is 1. The van der Waals surface area contributed by atoms with Gasteiger partial charge < -0.3 is 14.2 Å². The summed E-state index contributed by atoms with van der Waals surface area (Å²) < 4.78 is 37.5. The summed E-state index contributed by atoms with van der Waals surface area (Å²) in [5.41, 5.74) is 0. The lowest BCUT2D eigenvalue weighted by Gasteiger charge is -2.15. The number of rotatable bonds is 6. The van der Waals surface area contributed by atoms with E-state index in [0.717, 1.165) is 4.90 Å². The first-order valence-corrected chi connectivity index (χ1v) is 6.70. The molecule has 0 aromatic heterocycles. The van der Waals surface area contributed by atoms with Crippen molar-refractivity contribution >= 4 is 16.4 Å². The van der Waals surface area contributed by atoms with Crippen molar-refractivity contribution in [3.63, 3.8) is 0 Å². The van der Waals surface area contributed by atoms with E-state index < -0.39 is 10.4 Å². The molecule has 1 N–H and O–H groups in total. The van der Waals surface area contributed by atoms with Crippen molar-refractivity contribution in [1.82, 2.24) is 0 Å². The van der Waals surface area contributed by atoms with Crippen LogP contribution < -0.4 is 4.90 Å². The molecule has 0 bridgehead atoms. The van der Waals surface area contributed by atoms with Crippen LogP contribution in [0, 0.1) is 0 Å². The average Bonchev–Trinajstić information content (AvgIpc) is 2.25. The normalized spacial score (nSPS) is 12.3. The lowest BCUT2D eigenvalue weighted by Crippen LogP contribution is -3.10. The molecule has 0 saturated heterocycles. The largest absolute Gasteiger partial charge is 0.726 e. The number of esters is 1. The summed E-state index contributed by atoms with van der Waals surface area (Å²) in [5, 5.41) is 0. The highest BCUT2D eigenvalue weighted by atomic mass is 32.3. The van der Waals surface area contributed by atoms with E-state index in [2.05, 4.69) is 10.8 Å². The summed E-state index contributed by atoms with van der Waals surface area (Å²) in [4.78, 5) is 11.7. The Balaban J connectivity index is 0. The third kappa shape index (κ3) is 15.0. The van der Waals surface area contributed by atoms with Gasteiger partial charge in [0.1, 0.15) is 0 Å². The third-order valence-electron chi connectivity index (χ3n) is 1.70. The minimum atomic E-state index is -4.44. The molecule has 0 aliphatic heterocycles. The molecule has 18 heavy (non-hydrogen) atoms. The lowest BCUT2D eigenvalue weighted by molar-refractivity contribution is -0.905. The van der Waals surface area contributed by atoms with Gasteiger partial charge in [-0.25, -0.2) is 13.2 Å². The summed E-state index contributed by atoms with van der Waals surface area (Å²) in [6, 6.07) is 0. The van der Waals surface area contributed by atoms with Gasteiger partial charge in [-0.15, -0.1) is 0 Å². The first-order valence-electron chi connectivity index (χ1n) is 5.37. The highest BCUT2D eigenvalue weighted by molar-refractivity contribution is 7.80. The van der Waals surface area contributed by atoms with Crippen molar-refractivity contribution in [2.45, 2.75) is 26.5 Å². The molecular weight excluding hydrogens is 262 g/mol. The molecule has 0 aliphatic carbocycles. The molecule has 1 atom stereocenters. The number of ether oxygens (including phenoxy) is 1. The van der Waals surface area contributed by atoms with Gasteiger partial charge in [0.05, 0.1) is 20.7 Å². The number of quaternary nitrogens is 1. The second kappa shape index (κ2) is 10.0. The van der Waals surface area contributed by atoms with E-state index in [1.807, 2.05) is 21.0 Å². The van der Waals surface area contributed by atoms with Crippen LogP contribution >= 0.6 is 0 Å². The molecule has 0 aromatic rings. The molecule has 8 heteroatoms. The molecule has 0 fully saturated rings. The number of hydrogen-bond acceptors (Lipinski definition) is 6. The second-order valence-corrected chi connectivity index (χ2v) is 4.64. The van der Waals surface area contributed by atoms with Crippen molar-refractivity contribution in [2.24, 2.45) is 0 Å². The van der Waals surface area contributed by atoms with Gasteiger partial charge in [0.2, 0.25) is 16.6 Å². The molecule has 0 aliphatic rings. The summed E-state index contributed by atoms with van der Waals surface area (Å²) in [6.07, 6.45) is 1.59. The maximum absolute atomic E-state index is 10.6. The molecule has 0 aromatic carbocycles. The average molecular weight is 283 g/mol. The van der Waals surface area contributed by atoms with Crippen LogP contribution in [0.2, 0.25) is 0 Å². The SMILES string of the molecule is C=CC(=O)OC(C)[NH+](C)C.CCCOS(=O)(=O)[O-]. The van der Waals surface area contributed by atoms with Crippen LogP contribution in [0.25, 0.3) is 0 Å². The van der Waals surface area contributed by atoms with Gasteiger partial charge >= 0.3 is 5.97 Å². The Kier molecular flexibility index (Phi) is 10.8. The summed E-state index contributed by atoms with van der Waals surface area (Å²) in [6.45, 7) is 6.81. The van der Waals surface area contributed by atoms with Crippen molar-refractivity contribution < 1.29 is 31.6 Å². The predicted molar refractivity (Wildman–Crippen MR) is 64.5 cm³/mol. The molecule has 0 spiro atoms. The summed E-state index contributed by atoms with van der Waals surface area (Å²) in [5.74, 6) is -0.367. The van der Waals surface area contributed by atoms with Crippen molar-refractivity contribution in [3.05, 3.63) is 12.7 Å². The van der Waals surface area contributed by atoms with E-state index in [-0.39, 0.29) is 18.8 Å². The maximum atomic E-state index is 10.6. The van der Waals surface area contributed by atoms with Gasteiger partial charge in [0.25, 0.3) is 0 Å². The van der Waals surface area contributed by atoms with Crippen molar-refractivity contribution in [3.8, 4) is 0 Å². The summed E-state index contributed by atoms with van der Waals surface area (Å²) in [7, 11) is -0.601. The predicted octanol–water partition coefficient (Wildman–Crippen LogP) is -0.921. The second-order valence-electron chi connectivity index (χ2n) is 3.59. The van der Waals surface area contributed by atoms with Gasteiger partial charge in [-0.1, -0.05) is 13.5 Å². The van der Waals surface area contributed by atoms with E-state index in [9.17, 15) is 17.8 Å². The Hall–Kier alpha value is -0.960. The fourth-order valence-electron chi connectivity index (χ4n) is 0.526. The molecule has 7 nitrogen and oxygen atoms in total. The van der Waals surface area contributed by atoms with Gasteiger partial charge in [-0.3, -0.25) is 4.18 Å². The first kappa shape index (κ1) is 19.4. The van der Waals surface area contributed by atoms with Crippen molar-refractivity contribution in [2.75, 3.05) is 20.7 Å². The maximum Gasteiger partial charge on any atom is 0.334 e. The van der Waals surface area contributed by atoms with Crippen molar-refractivity contribution in [1.29, 1.82) is 0 Å². The highest BCUT2D eigenvalue weighted by Crippen LogP contribution is 1.86. The lowest BCUT2D eigenvalue weighted by atomic mass is 10.5. The van der Waals surface area contributed by atoms with Crippen LogP contribution in [0.15, 0.2) is 12.7 Å². The molecule has 1 unspecified atom stereocenters. The Morgan fingerprint density at radius 2 is 2.00 bits per heavy atom. The monoisotopic (exact) mass is 283 g/mol. The van der Waals surface area contributed by atoms with Gasteiger partial charge in [-0.2, -0.15) is 0 Å². The molecule has 0 rings (SSSR count). The fourth-order valence-corrected chi connectivity index (χ4v) is 0.896. The zero-order valence-electron chi connectivity index (χ0n) is 11.1. The number of carbonyl (C=O) groups is 1. The zero-order valence-corrected chi connectivity index (χ0v) is 12.0. The summed E-state index contributed by atoms with van der Waals surface area (Å²) >= 11 is 0. The zero-order chi connectivity index (χ0) is 14.8. The van der Waals surface area contributed by atoms with Crippen LogP contribution in [-0.2, 0) is 24.1 Å². The molecule has 0 saturated carbocycles. The molecule has 108 valence electrons. The van der Waals surface area contributed by atoms with Gasteiger partial charge in [0, 0.05) is 13.0 Å². The minimum absolute atomic E-state index is 0.0220. The quantitative estimate of drug-likeness (QED) is 0.223. The third-order valence-corrected chi connectivity index (χ3v) is 2.16. The van der Waals surface area contributed by atoms with E-state index in [4.69, 9.17) is 4.74 Å². The van der Waals surface area contributed by atoms with E-state index in [1.54, 1.807) is 6.92 Å². The van der Waals surface area contributed by atoms with E-state index in [1.165, 1.54) is 6.08 Å². The topological polar surface area (TPSA) is 97.2 Å². The molecule has 0 amide bonds. The van der Waals surface area contributed by atoms with E-state index in [0.29, 0.717) is 6.42 Å². The minimum Gasteiger partial charge on any atom is -0.726 e. The Morgan fingerprint density at radius 1 is 1.50 bits per heavy atom. The van der Waals surface area contributed by atoms with Crippen LogP contribution in [-0.4, -0.2) is 45.9 Å². The van der Waals surface area contributed by atoms with Crippen LogP contribution in [0.1, 0.15) is 20.3 Å². The fraction of sp³-hybridized carbons (Fsp3) is 0.700. The van der Waals surface area contributed by atoms with Crippen LogP contribution in [0.5, 0.6) is 0 Å². The van der Waals surface area contributed by atoms with Gasteiger partial charge in [-0.05, 0) is 6.42 Å². The van der Waals surface area contributed by atoms with Gasteiger partial charge in [0.15, 0.2) is 0 Å². The smallest absolute Gasteiger partial charge is 0.334 e. The Labute approximate surface area is 108 Å². The molecule has 0 radical (unpaired) electrons.